The number of morpholine rings is 1. The first-order valence-corrected chi connectivity index (χ1v) is 28.5. The lowest BCUT2D eigenvalue weighted by Crippen LogP contribution is -2.61. The molecule has 3 amide bonds. The second kappa shape index (κ2) is 30.1. The quantitative estimate of drug-likeness (QED) is 0.0793. The maximum Gasteiger partial charge on any atom is 0.407 e. The van der Waals surface area contributed by atoms with Crippen LogP contribution in [0.3, 0.4) is 0 Å². The average molecular weight is 1180 g/mol. The molecule has 2 aromatic rings. The molecule has 3 aliphatic rings. The summed E-state index contributed by atoms with van der Waals surface area (Å²) in [6, 6.07) is 3.90. The highest BCUT2D eigenvalue weighted by atomic mass is 35.5. The number of hydrogen-bond donors (Lipinski definition) is 3. The number of cyclic esters (lactones) is 1. The first-order valence-electron chi connectivity index (χ1n) is 27.8. The Bertz CT molecular complexity index is 2450. The fourth-order valence-corrected chi connectivity index (χ4v) is 11.5. The Morgan fingerprint density at radius 2 is 1.62 bits per heavy atom. The Labute approximate surface area is 486 Å². The number of aromatic nitrogens is 1. The molecule has 0 unspecified atom stereocenters. The van der Waals surface area contributed by atoms with Crippen molar-refractivity contribution in [3.63, 3.8) is 0 Å². The molecule has 3 aliphatic heterocycles. The number of likely N-dealkylation sites (N-methyl/N-ethyl adjacent to an activating group) is 2. The molecule has 1 aromatic heterocycles. The minimum absolute atomic E-state index is 0.0424. The van der Waals surface area contributed by atoms with Crippen molar-refractivity contribution in [1.82, 2.24) is 25.0 Å². The molecule has 22 nitrogen and oxygen atoms in total. The van der Waals surface area contributed by atoms with Crippen LogP contribution in [-0.4, -0.2) is 202 Å². The number of anilines is 1. The molecule has 0 spiro atoms. The number of methoxy groups -OCH3 is 2. The van der Waals surface area contributed by atoms with Gasteiger partial charge in [-0.25, -0.2) is 4.79 Å². The maximum absolute atomic E-state index is 14.9. The largest absolute Gasteiger partial charge is 0.493 e. The molecular weight excluding hydrogens is 1100 g/mol. The zero-order valence-electron chi connectivity index (χ0n) is 49.4. The van der Waals surface area contributed by atoms with E-state index >= 15 is 0 Å². The summed E-state index contributed by atoms with van der Waals surface area (Å²) in [5.41, 5.74) is -2.59. The number of Topliss-reactive ketones (excluding diaryl/α,β-unsaturated/α-hetero) is 1. The van der Waals surface area contributed by atoms with Gasteiger partial charge in [-0.1, -0.05) is 57.8 Å². The molecule has 0 radical (unpaired) electrons. The van der Waals surface area contributed by atoms with Gasteiger partial charge in [-0.05, 0) is 85.7 Å². The lowest BCUT2D eigenvalue weighted by molar-refractivity contribution is -0.301. The molecule has 0 aliphatic carbocycles. The fraction of sp³-hybridized carbons (Fsp3) is 0.702. The normalized spacial score (nSPS) is 30.8. The number of hydrogen-bond acceptors (Lipinski definition) is 19. The van der Waals surface area contributed by atoms with Crippen molar-refractivity contribution in [2.45, 2.75) is 142 Å². The minimum atomic E-state index is -1.62. The number of ether oxygens (including phenoxy) is 9. The third kappa shape index (κ3) is 17.1. The van der Waals surface area contributed by atoms with E-state index in [1.54, 1.807) is 93.6 Å². The van der Waals surface area contributed by atoms with Crippen LogP contribution < -0.4 is 20.1 Å². The van der Waals surface area contributed by atoms with Crippen molar-refractivity contribution in [2.24, 2.45) is 29.6 Å². The molecule has 4 heterocycles. The minimum Gasteiger partial charge on any atom is -0.493 e. The van der Waals surface area contributed by atoms with E-state index in [1.807, 2.05) is 11.8 Å². The van der Waals surface area contributed by atoms with Crippen LogP contribution in [0, 0.1) is 29.6 Å². The summed E-state index contributed by atoms with van der Waals surface area (Å²) in [5, 5.41) is 17.8. The number of esters is 2. The lowest BCUT2D eigenvalue weighted by atomic mass is 9.71. The van der Waals surface area contributed by atoms with Crippen molar-refractivity contribution < 1.29 is 76.5 Å². The highest BCUT2D eigenvalue weighted by Gasteiger charge is 2.54. The first-order chi connectivity index (χ1) is 38.2. The fourth-order valence-electron chi connectivity index (χ4n) is 11.0. The zero-order chi connectivity index (χ0) is 60.1. The zero-order valence-corrected chi connectivity index (χ0v) is 50.9. The molecule has 5 rings (SSSR count). The van der Waals surface area contributed by atoms with Crippen molar-refractivity contribution in [2.75, 3.05) is 93.2 Å². The second-order valence-electron chi connectivity index (χ2n) is 22.3. The number of rotatable bonds is 19. The van der Waals surface area contributed by atoms with E-state index < -0.39 is 108 Å². The van der Waals surface area contributed by atoms with Crippen LogP contribution >= 0.6 is 23.2 Å². The van der Waals surface area contributed by atoms with Crippen LogP contribution in [0.1, 0.15) is 98.4 Å². The SMILES string of the molecule is CC[C@H]1OC(=O)[C@H](C)[C@@H](OC(=O)CN2CCOCC2)[C@H](C)[C@@H](O[C@@H]2O[C@H](C)C[C@H](N(C)C(=O)CN(C)C)[C@H]2O)[C@](C)(OC)C[C@@H](C)C(=O)[C@H](C)[C@@H](C)[C@]1(C)OC(=O)NCCCOc1cc(C(=O)Nc2c(Cl)cncc2Cl)ccc1OC. The number of alkyl carbamates (subject to hydrolysis) is 1. The van der Waals surface area contributed by atoms with E-state index in [0.29, 0.717) is 38.5 Å². The number of nitrogens with one attached hydrogen (secondary N) is 2. The van der Waals surface area contributed by atoms with Crippen LogP contribution in [0.25, 0.3) is 0 Å². The predicted molar refractivity (Wildman–Crippen MR) is 301 cm³/mol. The molecule has 3 N–H and O–H groups in total. The van der Waals surface area contributed by atoms with Crippen LogP contribution in [0.2, 0.25) is 10.0 Å². The molecule has 1 aromatic carbocycles. The van der Waals surface area contributed by atoms with E-state index in [4.69, 9.17) is 65.8 Å². The first kappa shape index (κ1) is 66.9. The summed E-state index contributed by atoms with van der Waals surface area (Å²) in [6.45, 7) is 17.5. The van der Waals surface area contributed by atoms with Crippen molar-refractivity contribution >= 4 is 64.5 Å². The van der Waals surface area contributed by atoms with Gasteiger partial charge in [0, 0.05) is 75.4 Å². The molecule has 14 atom stereocenters. The molecular formula is C57H86Cl2N6O16. The topological polar surface area (TPSA) is 252 Å². The molecule has 81 heavy (non-hydrogen) atoms. The summed E-state index contributed by atoms with van der Waals surface area (Å²) in [6.07, 6.45) is -4.09. The van der Waals surface area contributed by atoms with Crippen LogP contribution in [-0.2, 0) is 52.3 Å². The van der Waals surface area contributed by atoms with E-state index in [9.17, 15) is 33.9 Å². The van der Waals surface area contributed by atoms with Gasteiger partial charge in [0.05, 0.1) is 85.5 Å². The molecule has 3 saturated heterocycles. The number of carbonyl (C=O) groups is 6. The highest BCUT2D eigenvalue weighted by molar-refractivity contribution is 6.39. The Hall–Kier alpha value is -4.91. The van der Waals surface area contributed by atoms with Crippen LogP contribution in [0.5, 0.6) is 11.5 Å². The number of amides is 3. The summed E-state index contributed by atoms with van der Waals surface area (Å²) < 4.78 is 55.7. The Kier molecular flexibility index (Phi) is 24.8. The number of aliphatic hydroxyl groups excluding tert-OH is 1. The van der Waals surface area contributed by atoms with Gasteiger partial charge in [0.25, 0.3) is 5.91 Å². The summed E-state index contributed by atoms with van der Waals surface area (Å²) in [5.74, 6) is -6.16. The smallest absolute Gasteiger partial charge is 0.407 e. The van der Waals surface area contributed by atoms with E-state index in [-0.39, 0.29) is 84.2 Å². The number of halogens is 2. The van der Waals surface area contributed by atoms with Gasteiger partial charge in [0.15, 0.2) is 23.4 Å². The van der Waals surface area contributed by atoms with E-state index in [0.717, 1.165) is 0 Å². The van der Waals surface area contributed by atoms with Gasteiger partial charge in [0.2, 0.25) is 5.91 Å². The van der Waals surface area contributed by atoms with Crippen molar-refractivity contribution in [1.29, 1.82) is 0 Å². The number of nitrogens with zero attached hydrogens (tertiary/aromatic N) is 4. The molecule has 0 bridgehead atoms. The van der Waals surface area contributed by atoms with Gasteiger partial charge in [-0.3, -0.25) is 33.9 Å². The van der Waals surface area contributed by atoms with E-state index in [1.165, 1.54) is 37.6 Å². The van der Waals surface area contributed by atoms with Crippen LogP contribution in [0.4, 0.5) is 10.5 Å². The number of benzene rings is 1. The van der Waals surface area contributed by atoms with Gasteiger partial charge in [-0.2, -0.15) is 0 Å². The average Bonchev–Trinajstić information content (AvgIpc) is 3.43. The summed E-state index contributed by atoms with van der Waals surface area (Å²) >= 11 is 12.4. The van der Waals surface area contributed by atoms with Gasteiger partial charge >= 0.3 is 18.0 Å². The molecule has 3 fully saturated rings. The Balaban J connectivity index is 1.42. The summed E-state index contributed by atoms with van der Waals surface area (Å²) in [7, 11) is 8.11. The van der Waals surface area contributed by atoms with Gasteiger partial charge in [-0.15, -0.1) is 0 Å². The van der Waals surface area contributed by atoms with Crippen molar-refractivity contribution in [3.8, 4) is 11.5 Å². The number of carbonyl (C=O) groups excluding carboxylic acids is 6. The number of aliphatic hydroxyl groups is 1. The van der Waals surface area contributed by atoms with Gasteiger partial charge in [0.1, 0.15) is 24.1 Å². The molecule has 0 saturated carbocycles. The number of ketones is 1. The standard InChI is InChI=1S/C57H86Cl2N6O16/c1-15-44-57(9,81-55(72)61-19-16-22-76-43-26-38(17-18-42(43)73-13)52(70)62-47-39(58)28-60-29-40(47)59)37(7)34(4)48(68)32(2)27-56(8,74-14)51(80-54-49(69)41(25-33(3)77-54)64(12)45(66)30-63(10)11)35(5)50(36(6)53(71)78-44)79-46(67)31-65-20-23-75-24-21-65/h17-18,26,28-29,32-37,41,44,49-51,54,69H,15-16,19-25,27,30-31H2,1-14H3,(H,61,72)(H,60,62,70)/t32-,33-,34-,35+,36-,37-,41+,44-,49-,50+,51-,54+,56-,57+/m1/s1. The predicted octanol–water partition coefficient (Wildman–Crippen LogP) is 6.30. The third-order valence-corrected chi connectivity index (χ3v) is 16.7. The van der Waals surface area contributed by atoms with Gasteiger partial charge < -0.3 is 68.2 Å². The Morgan fingerprint density at radius 1 is 0.951 bits per heavy atom. The third-order valence-electron chi connectivity index (χ3n) is 16.1. The molecule has 24 heteroatoms. The second-order valence-corrected chi connectivity index (χ2v) is 23.1. The Morgan fingerprint density at radius 3 is 2.23 bits per heavy atom. The summed E-state index contributed by atoms with van der Waals surface area (Å²) in [4.78, 5) is 93.5. The maximum atomic E-state index is 14.9. The van der Waals surface area contributed by atoms with E-state index in [2.05, 4.69) is 15.6 Å². The van der Waals surface area contributed by atoms with Crippen LogP contribution in [0.15, 0.2) is 30.6 Å². The monoisotopic (exact) mass is 1180 g/mol. The number of pyridine rings is 1. The lowest BCUT2D eigenvalue weighted by Gasteiger charge is -2.49. The highest BCUT2D eigenvalue weighted by Crippen LogP contribution is 2.42. The molecule has 454 valence electrons. The van der Waals surface area contributed by atoms with Crippen molar-refractivity contribution in [3.05, 3.63) is 46.2 Å².